The van der Waals surface area contributed by atoms with Crippen molar-refractivity contribution in [2.24, 2.45) is 5.92 Å². The fraction of sp³-hybridized carbons (Fsp3) is 0.500. The Morgan fingerprint density at radius 2 is 2.29 bits per heavy atom. The van der Waals surface area contributed by atoms with Crippen molar-refractivity contribution < 1.29 is 14.1 Å². The van der Waals surface area contributed by atoms with Gasteiger partial charge in [0.1, 0.15) is 4.88 Å². The summed E-state index contributed by atoms with van der Waals surface area (Å²) in [6.45, 7) is 1.15. The molecule has 6 nitrogen and oxygen atoms in total. The lowest BCUT2D eigenvalue weighted by atomic mass is 10.1. The van der Waals surface area contributed by atoms with E-state index in [1.54, 1.807) is 0 Å². The molecule has 4 rings (SSSR count). The number of nitrogens with zero attached hydrogens (tertiary/aromatic N) is 2. The van der Waals surface area contributed by atoms with E-state index in [0.717, 1.165) is 35.7 Å². The topological polar surface area (TPSA) is 77.3 Å². The Balaban J connectivity index is 1.53. The highest BCUT2D eigenvalue weighted by atomic mass is 32.1. The lowest BCUT2D eigenvalue weighted by Gasteiger charge is -2.08. The Bertz CT molecular complexity index is 656. The number of rotatable bonds is 4. The predicted octanol–water partition coefficient (Wildman–Crippen LogP) is 2.65. The van der Waals surface area contributed by atoms with Crippen LogP contribution in [0, 0.1) is 5.92 Å². The van der Waals surface area contributed by atoms with Gasteiger partial charge in [-0.1, -0.05) is 5.16 Å². The molecule has 1 aliphatic heterocycles. The van der Waals surface area contributed by atoms with Crippen LogP contribution < -0.4 is 5.32 Å². The third-order valence-corrected chi connectivity index (χ3v) is 4.70. The van der Waals surface area contributed by atoms with E-state index in [4.69, 9.17) is 9.26 Å². The van der Waals surface area contributed by atoms with Crippen LogP contribution in [0.1, 0.15) is 31.0 Å². The molecular weight excluding hydrogens is 290 g/mol. The Kier molecular flexibility index (Phi) is 3.23. The maximum atomic E-state index is 12.2. The lowest BCUT2D eigenvalue weighted by Crippen LogP contribution is -2.22. The van der Waals surface area contributed by atoms with Crippen LogP contribution in [0.3, 0.4) is 0 Å². The van der Waals surface area contributed by atoms with Gasteiger partial charge in [-0.05, 0) is 30.7 Å². The smallest absolute Gasteiger partial charge is 0.270 e. The van der Waals surface area contributed by atoms with Gasteiger partial charge in [-0.2, -0.15) is 4.98 Å². The number of aromatic nitrogens is 2. The zero-order valence-electron chi connectivity index (χ0n) is 11.4. The van der Waals surface area contributed by atoms with Crippen molar-refractivity contribution >= 4 is 22.9 Å². The first-order valence-electron chi connectivity index (χ1n) is 7.11. The molecule has 1 amide bonds. The van der Waals surface area contributed by atoms with Gasteiger partial charge in [0.2, 0.25) is 5.91 Å². The first kappa shape index (κ1) is 13.0. The standard InChI is InChI=1S/C14H15N3O3S/c18-13(9-3-5-19-7-9)15-10-4-6-21-11(10)14-16-12(17-20-14)8-1-2-8/h4,6,8-9H,1-3,5,7H2,(H,15,18)/t9-/m0/s1. The van der Waals surface area contributed by atoms with Gasteiger partial charge >= 0.3 is 0 Å². The maximum Gasteiger partial charge on any atom is 0.270 e. The van der Waals surface area contributed by atoms with Crippen LogP contribution in [0.15, 0.2) is 16.0 Å². The summed E-state index contributed by atoms with van der Waals surface area (Å²) in [5, 5.41) is 8.88. The van der Waals surface area contributed by atoms with E-state index < -0.39 is 0 Å². The van der Waals surface area contributed by atoms with Crippen LogP contribution in [-0.4, -0.2) is 29.3 Å². The van der Waals surface area contributed by atoms with Crippen LogP contribution in [0.2, 0.25) is 0 Å². The van der Waals surface area contributed by atoms with Gasteiger partial charge in [-0.25, -0.2) is 0 Å². The number of amides is 1. The highest BCUT2D eigenvalue weighted by molar-refractivity contribution is 7.14. The molecule has 1 saturated carbocycles. The van der Waals surface area contributed by atoms with Crippen molar-refractivity contribution in [2.75, 3.05) is 18.5 Å². The second-order valence-corrected chi connectivity index (χ2v) is 6.36. The summed E-state index contributed by atoms with van der Waals surface area (Å²) in [7, 11) is 0. The molecule has 110 valence electrons. The minimum Gasteiger partial charge on any atom is -0.381 e. The van der Waals surface area contributed by atoms with Crippen LogP contribution in [0.25, 0.3) is 10.8 Å². The van der Waals surface area contributed by atoms with Crippen LogP contribution in [0.5, 0.6) is 0 Å². The lowest BCUT2D eigenvalue weighted by molar-refractivity contribution is -0.119. The largest absolute Gasteiger partial charge is 0.381 e. The normalized spacial score (nSPS) is 21.6. The number of anilines is 1. The second-order valence-electron chi connectivity index (χ2n) is 5.45. The zero-order valence-corrected chi connectivity index (χ0v) is 12.2. The van der Waals surface area contributed by atoms with Crippen molar-refractivity contribution in [3.63, 3.8) is 0 Å². The summed E-state index contributed by atoms with van der Waals surface area (Å²) in [5.74, 6) is 1.65. The van der Waals surface area contributed by atoms with Crippen molar-refractivity contribution in [3.8, 4) is 10.8 Å². The number of nitrogens with one attached hydrogen (secondary N) is 1. The highest BCUT2D eigenvalue weighted by Gasteiger charge is 2.30. The molecule has 1 N–H and O–H groups in total. The maximum absolute atomic E-state index is 12.2. The van der Waals surface area contributed by atoms with E-state index in [1.165, 1.54) is 11.3 Å². The third kappa shape index (κ3) is 2.58. The van der Waals surface area contributed by atoms with Crippen molar-refractivity contribution in [2.45, 2.75) is 25.2 Å². The summed E-state index contributed by atoms with van der Waals surface area (Å²) in [6.07, 6.45) is 3.04. The Morgan fingerprint density at radius 1 is 1.38 bits per heavy atom. The summed E-state index contributed by atoms with van der Waals surface area (Å²) in [6, 6.07) is 1.87. The quantitative estimate of drug-likeness (QED) is 0.939. The highest BCUT2D eigenvalue weighted by Crippen LogP contribution is 2.40. The van der Waals surface area contributed by atoms with Gasteiger partial charge in [-0.15, -0.1) is 11.3 Å². The molecule has 1 atom stereocenters. The number of ether oxygens (including phenoxy) is 1. The molecule has 7 heteroatoms. The van der Waals surface area contributed by atoms with Crippen LogP contribution >= 0.6 is 11.3 Å². The first-order chi connectivity index (χ1) is 10.3. The molecule has 0 unspecified atom stereocenters. The van der Waals surface area contributed by atoms with Crippen molar-refractivity contribution in [1.29, 1.82) is 0 Å². The molecule has 0 bridgehead atoms. The van der Waals surface area contributed by atoms with Crippen molar-refractivity contribution in [3.05, 3.63) is 17.3 Å². The number of thiophene rings is 1. The van der Waals surface area contributed by atoms with Gasteiger partial charge < -0.3 is 14.6 Å². The minimum atomic E-state index is -0.0672. The number of carbonyl (C=O) groups is 1. The zero-order chi connectivity index (χ0) is 14.2. The summed E-state index contributed by atoms with van der Waals surface area (Å²) >= 11 is 1.49. The van der Waals surface area contributed by atoms with Gasteiger partial charge in [0.15, 0.2) is 5.82 Å². The van der Waals surface area contributed by atoms with E-state index in [2.05, 4.69) is 15.5 Å². The molecule has 2 aliphatic rings. The SMILES string of the molecule is O=C(Nc1ccsc1-c1nc(C2CC2)no1)[C@H]1CCOC1. The summed E-state index contributed by atoms with van der Waals surface area (Å²) in [4.78, 5) is 17.4. The van der Waals surface area contributed by atoms with Gasteiger partial charge in [0, 0.05) is 12.5 Å². The summed E-state index contributed by atoms with van der Waals surface area (Å²) < 4.78 is 10.6. The number of carbonyl (C=O) groups excluding carboxylic acids is 1. The molecule has 21 heavy (non-hydrogen) atoms. The molecule has 2 fully saturated rings. The molecule has 0 radical (unpaired) electrons. The molecule has 0 spiro atoms. The minimum absolute atomic E-state index is 0.00548. The van der Waals surface area contributed by atoms with Gasteiger partial charge in [0.25, 0.3) is 5.89 Å². The van der Waals surface area contributed by atoms with E-state index in [-0.39, 0.29) is 11.8 Å². The monoisotopic (exact) mass is 305 g/mol. The Labute approximate surface area is 125 Å². The molecule has 3 heterocycles. The van der Waals surface area contributed by atoms with Crippen LogP contribution in [0.4, 0.5) is 5.69 Å². The van der Waals surface area contributed by atoms with E-state index in [0.29, 0.717) is 25.0 Å². The molecule has 2 aromatic rings. The molecule has 2 aromatic heterocycles. The fourth-order valence-corrected chi connectivity index (χ4v) is 3.15. The van der Waals surface area contributed by atoms with E-state index in [9.17, 15) is 4.79 Å². The van der Waals surface area contributed by atoms with Crippen LogP contribution in [-0.2, 0) is 9.53 Å². The predicted molar refractivity (Wildman–Crippen MR) is 77.1 cm³/mol. The Hall–Kier alpha value is -1.73. The van der Waals surface area contributed by atoms with Gasteiger partial charge in [0.05, 0.1) is 18.2 Å². The average molecular weight is 305 g/mol. The van der Waals surface area contributed by atoms with E-state index in [1.807, 2.05) is 11.4 Å². The molecule has 0 aromatic carbocycles. The number of hydrogen-bond acceptors (Lipinski definition) is 6. The number of hydrogen-bond donors (Lipinski definition) is 1. The second kappa shape index (κ2) is 5.23. The third-order valence-electron chi connectivity index (χ3n) is 3.80. The molecular formula is C14H15N3O3S. The average Bonchev–Trinajstić information content (AvgIpc) is 2.95. The summed E-state index contributed by atoms with van der Waals surface area (Å²) in [5.41, 5.74) is 0.739. The fourth-order valence-electron chi connectivity index (χ4n) is 2.38. The van der Waals surface area contributed by atoms with E-state index >= 15 is 0 Å². The van der Waals surface area contributed by atoms with Crippen molar-refractivity contribution in [1.82, 2.24) is 10.1 Å². The Morgan fingerprint density at radius 3 is 3.05 bits per heavy atom. The first-order valence-corrected chi connectivity index (χ1v) is 7.99. The molecule has 1 aliphatic carbocycles. The molecule has 1 saturated heterocycles. The van der Waals surface area contributed by atoms with Gasteiger partial charge in [-0.3, -0.25) is 4.79 Å².